The van der Waals surface area contributed by atoms with Gasteiger partial charge >= 0.3 is 0 Å². The van der Waals surface area contributed by atoms with Crippen LogP contribution in [0.5, 0.6) is 0 Å². The van der Waals surface area contributed by atoms with Crippen molar-refractivity contribution in [2.45, 2.75) is 46.6 Å². The molecule has 0 aliphatic carbocycles. The quantitative estimate of drug-likeness (QED) is 0.713. The number of fused-ring (bicyclic) bond motifs is 1. The van der Waals surface area contributed by atoms with Gasteiger partial charge in [0.2, 0.25) is 5.78 Å². The molecule has 2 aromatic heterocycles. The average molecular weight is 340 g/mol. The summed E-state index contributed by atoms with van der Waals surface area (Å²) >= 11 is 0. The van der Waals surface area contributed by atoms with Gasteiger partial charge in [0.05, 0.1) is 0 Å². The zero-order valence-corrected chi connectivity index (χ0v) is 15.5. The number of benzene rings is 1. The second kappa shape index (κ2) is 6.14. The lowest BCUT2D eigenvalue weighted by atomic mass is 9.82. The SMILES string of the molecule is CC(C)(C)CC(C)(C)Nc1c(-c2ccccc2F)nc2ncccn12. The summed E-state index contributed by atoms with van der Waals surface area (Å²) in [5.41, 5.74) is 1.03. The molecular formula is C20H25FN4. The lowest BCUT2D eigenvalue weighted by Gasteiger charge is -2.34. The van der Waals surface area contributed by atoms with Gasteiger partial charge in [0, 0.05) is 23.5 Å². The number of rotatable bonds is 4. The molecule has 5 heteroatoms. The smallest absolute Gasteiger partial charge is 0.235 e. The normalized spacial score (nSPS) is 12.6. The van der Waals surface area contributed by atoms with Crippen molar-refractivity contribution in [2.75, 3.05) is 5.32 Å². The molecule has 4 nitrogen and oxygen atoms in total. The Bertz CT molecular complexity index is 890. The Morgan fingerprint density at radius 2 is 1.80 bits per heavy atom. The Morgan fingerprint density at radius 1 is 1.08 bits per heavy atom. The summed E-state index contributed by atoms with van der Waals surface area (Å²) in [5.74, 6) is 1.03. The third kappa shape index (κ3) is 3.81. The number of hydrogen-bond acceptors (Lipinski definition) is 3. The molecule has 1 aromatic carbocycles. The zero-order valence-electron chi connectivity index (χ0n) is 15.5. The highest BCUT2D eigenvalue weighted by molar-refractivity contribution is 5.76. The standard InChI is InChI=1S/C20H25FN4/c1-19(2,3)13-20(4,5)24-17-16(14-9-6-7-10-15(14)21)23-18-22-11-8-12-25(17)18/h6-12,24H,13H2,1-5H3. The third-order valence-corrected chi connectivity index (χ3v) is 3.96. The average Bonchev–Trinajstić information content (AvgIpc) is 2.83. The Morgan fingerprint density at radius 3 is 2.48 bits per heavy atom. The van der Waals surface area contributed by atoms with Gasteiger partial charge in [-0.25, -0.2) is 14.4 Å². The summed E-state index contributed by atoms with van der Waals surface area (Å²) < 4.78 is 16.3. The van der Waals surface area contributed by atoms with E-state index >= 15 is 0 Å². The van der Waals surface area contributed by atoms with E-state index < -0.39 is 0 Å². The molecule has 3 aromatic rings. The van der Waals surface area contributed by atoms with Gasteiger partial charge in [0.15, 0.2) is 0 Å². The van der Waals surface area contributed by atoms with E-state index in [0.717, 1.165) is 12.2 Å². The van der Waals surface area contributed by atoms with Crippen LogP contribution in [0.3, 0.4) is 0 Å². The summed E-state index contributed by atoms with van der Waals surface area (Å²) in [6.07, 6.45) is 4.54. The number of nitrogens with zero attached hydrogens (tertiary/aromatic N) is 3. The van der Waals surface area contributed by atoms with Crippen molar-refractivity contribution in [3.05, 3.63) is 48.5 Å². The summed E-state index contributed by atoms with van der Waals surface area (Å²) in [5, 5.41) is 3.59. The molecule has 0 spiro atoms. The molecule has 0 saturated carbocycles. The topological polar surface area (TPSA) is 42.2 Å². The van der Waals surface area contributed by atoms with Gasteiger partial charge < -0.3 is 5.32 Å². The van der Waals surface area contributed by atoms with Gasteiger partial charge in [-0.2, -0.15) is 0 Å². The minimum absolute atomic E-state index is 0.160. The van der Waals surface area contributed by atoms with Crippen molar-refractivity contribution < 1.29 is 4.39 Å². The van der Waals surface area contributed by atoms with Crippen LogP contribution in [-0.4, -0.2) is 19.9 Å². The molecule has 0 aliphatic rings. The van der Waals surface area contributed by atoms with Crippen LogP contribution in [0, 0.1) is 11.2 Å². The summed E-state index contributed by atoms with van der Waals surface area (Å²) in [4.78, 5) is 8.89. The van der Waals surface area contributed by atoms with Crippen LogP contribution >= 0.6 is 0 Å². The Labute approximate surface area is 148 Å². The van der Waals surface area contributed by atoms with Gasteiger partial charge in [-0.15, -0.1) is 0 Å². The number of aromatic nitrogens is 3. The first-order chi connectivity index (χ1) is 11.7. The van der Waals surface area contributed by atoms with Crippen molar-refractivity contribution in [3.63, 3.8) is 0 Å². The molecule has 0 amide bonds. The third-order valence-electron chi connectivity index (χ3n) is 3.96. The molecule has 0 atom stereocenters. The molecule has 1 N–H and O–H groups in total. The van der Waals surface area contributed by atoms with E-state index in [0.29, 0.717) is 17.0 Å². The fourth-order valence-electron chi connectivity index (χ4n) is 3.54. The van der Waals surface area contributed by atoms with Crippen LogP contribution in [0.1, 0.15) is 41.0 Å². The first-order valence-electron chi connectivity index (χ1n) is 8.52. The van der Waals surface area contributed by atoms with Gasteiger partial charge in [-0.1, -0.05) is 32.9 Å². The van der Waals surface area contributed by atoms with E-state index in [1.807, 2.05) is 22.7 Å². The first-order valence-corrected chi connectivity index (χ1v) is 8.52. The van der Waals surface area contributed by atoms with Crippen molar-refractivity contribution in [3.8, 4) is 11.3 Å². The summed E-state index contributed by atoms with van der Waals surface area (Å²) in [6, 6.07) is 8.56. The largest absolute Gasteiger partial charge is 0.364 e. The predicted octanol–water partition coefficient (Wildman–Crippen LogP) is 5.16. The van der Waals surface area contributed by atoms with Crippen molar-refractivity contribution in [2.24, 2.45) is 5.41 Å². The summed E-state index contributed by atoms with van der Waals surface area (Å²) in [6.45, 7) is 10.9. The highest BCUT2D eigenvalue weighted by Gasteiger charge is 2.28. The van der Waals surface area contributed by atoms with Crippen molar-refractivity contribution >= 4 is 11.6 Å². The lowest BCUT2D eigenvalue weighted by Crippen LogP contribution is -2.36. The van der Waals surface area contributed by atoms with Crippen molar-refractivity contribution in [1.29, 1.82) is 0 Å². The van der Waals surface area contributed by atoms with Gasteiger partial charge in [0.1, 0.15) is 17.3 Å². The molecular weight excluding hydrogens is 315 g/mol. The van der Waals surface area contributed by atoms with E-state index in [9.17, 15) is 4.39 Å². The van der Waals surface area contributed by atoms with Crippen molar-refractivity contribution in [1.82, 2.24) is 14.4 Å². The molecule has 0 fully saturated rings. The van der Waals surface area contributed by atoms with Crippen LogP contribution in [0.2, 0.25) is 0 Å². The fraction of sp³-hybridized carbons (Fsp3) is 0.400. The first kappa shape index (κ1) is 17.4. The molecule has 0 aliphatic heterocycles. The maximum absolute atomic E-state index is 14.4. The number of imidazole rings is 1. The molecule has 132 valence electrons. The van der Waals surface area contributed by atoms with Gasteiger partial charge in [0.25, 0.3) is 0 Å². The van der Waals surface area contributed by atoms with E-state index in [1.54, 1.807) is 18.3 Å². The molecule has 0 unspecified atom stereocenters. The highest BCUT2D eigenvalue weighted by Crippen LogP contribution is 2.35. The van der Waals surface area contributed by atoms with Crippen LogP contribution in [0.15, 0.2) is 42.7 Å². The summed E-state index contributed by atoms with van der Waals surface area (Å²) in [7, 11) is 0. The molecule has 0 radical (unpaired) electrons. The Hall–Kier alpha value is -2.43. The molecule has 2 heterocycles. The monoisotopic (exact) mass is 340 g/mol. The minimum atomic E-state index is -0.289. The Kier molecular flexibility index (Phi) is 4.27. The van der Waals surface area contributed by atoms with E-state index in [2.05, 4.69) is 49.9 Å². The highest BCUT2D eigenvalue weighted by atomic mass is 19.1. The number of anilines is 1. The van der Waals surface area contributed by atoms with Gasteiger partial charge in [-0.05, 0) is 43.9 Å². The number of nitrogens with one attached hydrogen (secondary N) is 1. The van der Waals surface area contributed by atoms with Crippen LogP contribution in [0.4, 0.5) is 10.2 Å². The van der Waals surface area contributed by atoms with E-state index in [1.165, 1.54) is 6.07 Å². The molecule has 25 heavy (non-hydrogen) atoms. The lowest BCUT2D eigenvalue weighted by molar-refractivity contribution is 0.302. The fourth-order valence-corrected chi connectivity index (χ4v) is 3.54. The maximum atomic E-state index is 14.4. The van der Waals surface area contributed by atoms with Crippen LogP contribution in [0.25, 0.3) is 17.0 Å². The van der Waals surface area contributed by atoms with E-state index in [-0.39, 0.29) is 16.8 Å². The van der Waals surface area contributed by atoms with Crippen LogP contribution in [-0.2, 0) is 0 Å². The second-order valence-electron chi connectivity index (χ2n) is 8.32. The number of halogens is 1. The maximum Gasteiger partial charge on any atom is 0.235 e. The zero-order chi connectivity index (χ0) is 18.2. The van der Waals surface area contributed by atoms with Gasteiger partial charge in [-0.3, -0.25) is 4.40 Å². The van der Waals surface area contributed by atoms with Crippen LogP contribution < -0.4 is 5.32 Å². The number of hydrogen-bond donors (Lipinski definition) is 1. The minimum Gasteiger partial charge on any atom is -0.364 e. The molecule has 0 saturated heterocycles. The Balaban J connectivity index is 2.13. The second-order valence-corrected chi connectivity index (χ2v) is 8.32. The molecule has 3 rings (SSSR count). The molecule has 0 bridgehead atoms. The predicted molar refractivity (Wildman–Crippen MR) is 100 cm³/mol. The van der Waals surface area contributed by atoms with E-state index in [4.69, 9.17) is 0 Å².